The molecule has 1 heterocycles. The molecule has 28 heavy (non-hydrogen) atoms. The van der Waals surface area contributed by atoms with Gasteiger partial charge >= 0.3 is 0 Å². The van der Waals surface area contributed by atoms with Gasteiger partial charge in [0.15, 0.2) is 0 Å². The molecule has 0 aromatic heterocycles. The minimum absolute atomic E-state index is 0.147. The Morgan fingerprint density at radius 2 is 1.71 bits per heavy atom. The smallest absolute Gasteiger partial charge is 0.243 e. The van der Waals surface area contributed by atoms with Crippen molar-refractivity contribution in [3.05, 3.63) is 59.7 Å². The number of benzene rings is 2. The van der Waals surface area contributed by atoms with E-state index in [1.54, 1.807) is 37.8 Å². The highest BCUT2D eigenvalue weighted by Gasteiger charge is 2.34. The molecule has 1 saturated heterocycles. The Balaban J connectivity index is 1.79. The second-order valence-electron chi connectivity index (χ2n) is 7.59. The number of nitrogens with zero attached hydrogens (tertiary/aromatic N) is 2. The van der Waals surface area contributed by atoms with Crippen LogP contribution >= 0.6 is 0 Å². The predicted molar refractivity (Wildman–Crippen MR) is 104 cm³/mol. The van der Waals surface area contributed by atoms with Crippen LogP contribution < -0.4 is 4.90 Å². The van der Waals surface area contributed by atoms with Crippen molar-refractivity contribution in [3.8, 4) is 0 Å². The summed E-state index contributed by atoms with van der Waals surface area (Å²) in [5.74, 6) is -1.31. The Morgan fingerprint density at radius 3 is 2.25 bits per heavy atom. The van der Waals surface area contributed by atoms with Crippen LogP contribution in [0.1, 0.15) is 26.3 Å². The molecule has 0 amide bonds. The molecule has 152 valence electrons. The number of piperazine rings is 1. The molecule has 1 fully saturated rings. The summed E-state index contributed by atoms with van der Waals surface area (Å²) in [6, 6.07) is 9.17. The maximum atomic E-state index is 14.1. The zero-order valence-corrected chi connectivity index (χ0v) is 16.9. The number of aliphatic hydroxyl groups is 1. The molecule has 0 spiro atoms. The van der Waals surface area contributed by atoms with E-state index in [1.165, 1.54) is 28.6 Å². The lowest BCUT2D eigenvalue weighted by Gasteiger charge is -2.40. The summed E-state index contributed by atoms with van der Waals surface area (Å²) < 4.78 is 54.7. The van der Waals surface area contributed by atoms with Gasteiger partial charge in [-0.25, -0.2) is 17.2 Å². The molecule has 5 nitrogen and oxygen atoms in total. The molecule has 1 N–H and O–H groups in total. The largest absolute Gasteiger partial charge is 0.386 e. The van der Waals surface area contributed by atoms with Crippen LogP contribution in [0.2, 0.25) is 0 Å². The lowest BCUT2D eigenvalue weighted by atomic mass is 9.99. The molecule has 1 aliphatic rings. The standard InChI is InChI=1S/C20H24F2N2O3S/c1-14-13-23(19-9-6-16(21)12-18(19)22)10-11-24(14)28(26,27)17-7-4-15(5-8-17)20(2,3)25/h4-9,12,14,25H,10-11,13H2,1-3H3/t14-/m1/s1. The molecule has 0 aliphatic carbocycles. The van der Waals surface area contributed by atoms with Crippen LogP contribution in [-0.4, -0.2) is 43.5 Å². The summed E-state index contributed by atoms with van der Waals surface area (Å²) >= 11 is 0. The fourth-order valence-electron chi connectivity index (χ4n) is 3.42. The number of anilines is 1. The zero-order valence-electron chi connectivity index (χ0n) is 16.1. The summed E-state index contributed by atoms with van der Waals surface area (Å²) in [5.41, 5.74) is -0.170. The molecule has 3 rings (SSSR count). The van der Waals surface area contributed by atoms with Crippen LogP contribution in [0.5, 0.6) is 0 Å². The monoisotopic (exact) mass is 410 g/mol. The molecule has 1 atom stereocenters. The molecule has 2 aromatic carbocycles. The number of hydrogen-bond acceptors (Lipinski definition) is 4. The summed E-state index contributed by atoms with van der Waals surface area (Å²) in [6.45, 7) is 5.81. The van der Waals surface area contributed by atoms with Crippen molar-refractivity contribution in [2.24, 2.45) is 0 Å². The van der Waals surface area contributed by atoms with E-state index in [2.05, 4.69) is 0 Å². The molecule has 1 aliphatic heterocycles. The van der Waals surface area contributed by atoms with Gasteiger partial charge in [-0.05, 0) is 50.6 Å². The Kier molecular flexibility index (Phi) is 5.49. The lowest BCUT2D eigenvalue weighted by molar-refractivity contribution is 0.0785. The van der Waals surface area contributed by atoms with Gasteiger partial charge in [0.25, 0.3) is 0 Å². The van der Waals surface area contributed by atoms with Crippen LogP contribution in [0.3, 0.4) is 0 Å². The van der Waals surface area contributed by atoms with Gasteiger partial charge in [-0.2, -0.15) is 4.31 Å². The van der Waals surface area contributed by atoms with Crippen molar-refractivity contribution in [1.82, 2.24) is 4.31 Å². The van der Waals surface area contributed by atoms with Gasteiger partial charge in [-0.1, -0.05) is 12.1 Å². The fraction of sp³-hybridized carbons (Fsp3) is 0.400. The lowest BCUT2D eigenvalue weighted by Crippen LogP contribution is -2.54. The molecule has 0 saturated carbocycles. The average Bonchev–Trinajstić information content (AvgIpc) is 2.61. The van der Waals surface area contributed by atoms with E-state index in [0.29, 0.717) is 18.7 Å². The minimum atomic E-state index is -3.72. The Bertz CT molecular complexity index is 956. The van der Waals surface area contributed by atoms with Crippen molar-refractivity contribution in [2.45, 2.75) is 37.3 Å². The molecule has 0 unspecified atom stereocenters. The summed E-state index contributed by atoms with van der Waals surface area (Å²) in [7, 11) is -3.72. The molecular formula is C20H24F2N2O3S. The highest BCUT2D eigenvalue weighted by Crippen LogP contribution is 2.28. The first-order valence-corrected chi connectivity index (χ1v) is 10.5. The maximum absolute atomic E-state index is 14.1. The summed E-state index contributed by atoms with van der Waals surface area (Å²) in [6.07, 6.45) is 0. The first-order valence-electron chi connectivity index (χ1n) is 9.05. The fourth-order valence-corrected chi connectivity index (χ4v) is 5.04. The third-order valence-corrected chi connectivity index (χ3v) is 7.01. The van der Waals surface area contributed by atoms with Crippen LogP contribution in [0, 0.1) is 11.6 Å². The van der Waals surface area contributed by atoms with E-state index >= 15 is 0 Å². The van der Waals surface area contributed by atoms with Gasteiger partial charge in [0.2, 0.25) is 10.0 Å². The van der Waals surface area contributed by atoms with Crippen molar-refractivity contribution in [3.63, 3.8) is 0 Å². The van der Waals surface area contributed by atoms with Crippen molar-refractivity contribution < 1.29 is 22.3 Å². The highest BCUT2D eigenvalue weighted by molar-refractivity contribution is 7.89. The van der Waals surface area contributed by atoms with E-state index in [9.17, 15) is 22.3 Å². The molecule has 0 radical (unpaired) electrons. The van der Waals surface area contributed by atoms with Gasteiger partial charge in [0.05, 0.1) is 16.2 Å². The van der Waals surface area contributed by atoms with Crippen LogP contribution in [0.4, 0.5) is 14.5 Å². The minimum Gasteiger partial charge on any atom is -0.386 e. The van der Waals surface area contributed by atoms with Crippen molar-refractivity contribution >= 4 is 15.7 Å². The van der Waals surface area contributed by atoms with Gasteiger partial charge in [-0.3, -0.25) is 0 Å². The molecule has 0 bridgehead atoms. The normalized spacial score (nSPS) is 19.1. The first kappa shape index (κ1) is 20.7. The Hall–Kier alpha value is -2.03. The Morgan fingerprint density at radius 1 is 1.07 bits per heavy atom. The second kappa shape index (κ2) is 7.42. The first-order chi connectivity index (χ1) is 13.0. The van der Waals surface area contributed by atoms with Crippen molar-refractivity contribution in [2.75, 3.05) is 24.5 Å². The van der Waals surface area contributed by atoms with E-state index < -0.39 is 33.3 Å². The van der Waals surface area contributed by atoms with Crippen molar-refractivity contribution in [1.29, 1.82) is 0 Å². The second-order valence-corrected chi connectivity index (χ2v) is 9.48. The summed E-state index contributed by atoms with van der Waals surface area (Å²) in [4.78, 5) is 1.87. The van der Waals surface area contributed by atoms with Gasteiger partial charge in [-0.15, -0.1) is 0 Å². The highest BCUT2D eigenvalue weighted by atomic mass is 32.2. The van der Waals surface area contributed by atoms with E-state index in [4.69, 9.17) is 0 Å². The van der Waals surface area contributed by atoms with Gasteiger partial charge in [0, 0.05) is 31.7 Å². The average molecular weight is 410 g/mol. The van der Waals surface area contributed by atoms with E-state index in [0.717, 1.165) is 6.07 Å². The molecule has 2 aromatic rings. The molecular weight excluding hydrogens is 386 g/mol. The predicted octanol–water partition coefficient (Wildman–Crippen LogP) is 3.09. The van der Waals surface area contributed by atoms with Gasteiger partial charge in [0.1, 0.15) is 11.6 Å². The van der Waals surface area contributed by atoms with E-state index in [1.807, 2.05) is 0 Å². The van der Waals surface area contributed by atoms with Crippen LogP contribution in [0.25, 0.3) is 0 Å². The maximum Gasteiger partial charge on any atom is 0.243 e. The third kappa shape index (κ3) is 4.04. The third-order valence-electron chi connectivity index (χ3n) is 4.98. The van der Waals surface area contributed by atoms with Gasteiger partial charge < -0.3 is 10.0 Å². The van der Waals surface area contributed by atoms with Crippen LogP contribution in [-0.2, 0) is 15.6 Å². The Labute approximate surface area is 164 Å². The van der Waals surface area contributed by atoms with E-state index in [-0.39, 0.29) is 17.1 Å². The molecule has 8 heteroatoms. The number of halogens is 2. The zero-order chi connectivity index (χ0) is 20.7. The SMILES string of the molecule is C[C@@H]1CN(c2ccc(F)cc2F)CCN1S(=O)(=O)c1ccc(C(C)(C)O)cc1. The summed E-state index contributed by atoms with van der Waals surface area (Å²) in [5, 5.41) is 10.0. The quantitative estimate of drug-likeness (QED) is 0.842. The topological polar surface area (TPSA) is 60.9 Å². The number of rotatable bonds is 4. The van der Waals surface area contributed by atoms with Crippen LogP contribution in [0.15, 0.2) is 47.4 Å². The number of hydrogen-bond donors (Lipinski definition) is 1. The number of sulfonamides is 1.